The summed E-state index contributed by atoms with van der Waals surface area (Å²) in [6, 6.07) is 8.25. The summed E-state index contributed by atoms with van der Waals surface area (Å²) in [5, 5.41) is 6.11. The van der Waals surface area contributed by atoms with Crippen molar-refractivity contribution in [2.45, 2.75) is 32.7 Å². The predicted octanol–water partition coefficient (Wildman–Crippen LogP) is 3.38. The normalized spacial score (nSPS) is 15.5. The molecule has 0 unspecified atom stereocenters. The highest BCUT2D eigenvalue weighted by atomic mass is 127. The number of hydrogen-bond donors (Lipinski definition) is 2. The Morgan fingerprint density at radius 3 is 2.68 bits per heavy atom. The van der Waals surface area contributed by atoms with Crippen molar-refractivity contribution in [3.63, 3.8) is 0 Å². The number of halogens is 2. The van der Waals surface area contributed by atoms with Gasteiger partial charge in [0.2, 0.25) is 5.91 Å². The minimum absolute atomic E-state index is 0. The molecule has 1 aliphatic heterocycles. The number of carbonyl (C=O) groups is 1. The lowest BCUT2D eigenvalue weighted by Gasteiger charge is -2.34. The van der Waals surface area contributed by atoms with Gasteiger partial charge in [-0.2, -0.15) is 0 Å². The van der Waals surface area contributed by atoms with Crippen LogP contribution in [0.25, 0.3) is 0 Å². The summed E-state index contributed by atoms with van der Waals surface area (Å²) in [5.41, 5.74) is 1.19. The van der Waals surface area contributed by atoms with Crippen LogP contribution in [0.5, 0.6) is 0 Å². The molecule has 1 saturated heterocycles. The third-order valence-electron chi connectivity index (χ3n) is 4.30. The van der Waals surface area contributed by atoms with Crippen molar-refractivity contribution in [2.24, 2.45) is 10.9 Å². The zero-order chi connectivity index (χ0) is 17.4. The standard InChI is InChI=1S/C18H27BrN4O.HI/c1-3-21-18(22-13-15-5-4-6-16(19)11-15)23-9-7-14(8-10-23)12-17(24)20-2;/h4-6,11,14H,3,7-10,12-13H2,1-2H3,(H,20,24)(H,21,22);1H. The molecule has 0 radical (unpaired) electrons. The number of piperidine rings is 1. The molecular weight excluding hydrogens is 495 g/mol. The van der Waals surface area contributed by atoms with Gasteiger partial charge in [-0.05, 0) is 43.4 Å². The number of benzene rings is 1. The van der Waals surface area contributed by atoms with Crippen LogP contribution in [0.1, 0.15) is 31.7 Å². The molecule has 0 bridgehead atoms. The number of guanidine groups is 1. The first-order valence-electron chi connectivity index (χ1n) is 8.60. The second kappa shape index (κ2) is 11.7. The van der Waals surface area contributed by atoms with E-state index in [2.05, 4.69) is 50.5 Å². The molecule has 1 aliphatic rings. The number of nitrogens with one attached hydrogen (secondary N) is 2. The first-order valence-corrected chi connectivity index (χ1v) is 9.40. The van der Waals surface area contributed by atoms with Crippen LogP contribution in [0.3, 0.4) is 0 Å². The van der Waals surface area contributed by atoms with E-state index in [1.54, 1.807) is 7.05 Å². The lowest BCUT2D eigenvalue weighted by atomic mass is 9.93. The van der Waals surface area contributed by atoms with Gasteiger partial charge >= 0.3 is 0 Å². The van der Waals surface area contributed by atoms with E-state index in [0.717, 1.165) is 42.9 Å². The van der Waals surface area contributed by atoms with Gasteiger partial charge in [-0.15, -0.1) is 24.0 Å². The first-order chi connectivity index (χ1) is 11.6. The predicted molar refractivity (Wildman–Crippen MR) is 117 cm³/mol. The summed E-state index contributed by atoms with van der Waals surface area (Å²) < 4.78 is 1.08. The van der Waals surface area contributed by atoms with Gasteiger partial charge in [0.25, 0.3) is 0 Å². The Hall–Kier alpha value is -0.830. The maximum Gasteiger partial charge on any atom is 0.220 e. The molecular formula is C18H28BrIN4O. The molecule has 0 aliphatic carbocycles. The Labute approximate surface area is 176 Å². The maximum atomic E-state index is 11.5. The molecule has 0 saturated carbocycles. The highest BCUT2D eigenvalue weighted by Gasteiger charge is 2.22. The van der Waals surface area contributed by atoms with Crippen LogP contribution in [0.2, 0.25) is 0 Å². The Kier molecular flexibility index (Phi) is 10.4. The summed E-state index contributed by atoms with van der Waals surface area (Å²) in [6.07, 6.45) is 2.71. The van der Waals surface area contributed by atoms with E-state index in [-0.39, 0.29) is 29.9 Å². The number of likely N-dealkylation sites (tertiary alicyclic amines) is 1. The Morgan fingerprint density at radius 1 is 1.36 bits per heavy atom. The van der Waals surface area contributed by atoms with Gasteiger partial charge in [-0.25, -0.2) is 4.99 Å². The molecule has 1 amide bonds. The minimum Gasteiger partial charge on any atom is -0.359 e. The zero-order valence-corrected chi connectivity index (χ0v) is 18.8. The molecule has 2 N–H and O–H groups in total. The van der Waals surface area contributed by atoms with Crippen LogP contribution in [0, 0.1) is 5.92 Å². The Balaban J connectivity index is 0.00000312. The van der Waals surface area contributed by atoms with Crippen molar-refractivity contribution in [2.75, 3.05) is 26.7 Å². The smallest absolute Gasteiger partial charge is 0.220 e. The van der Waals surface area contributed by atoms with Crippen LogP contribution in [0.15, 0.2) is 33.7 Å². The number of rotatable bonds is 5. The highest BCUT2D eigenvalue weighted by Crippen LogP contribution is 2.20. The summed E-state index contributed by atoms with van der Waals surface area (Å²) in [7, 11) is 1.70. The number of carbonyl (C=O) groups excluding carboxylic acids is 1. The van der Waals surface area contributed by atoms with Crippen LogP contribution in [-0.2, 0) is 11.3 Å². The van der Waals surface area contributed by atoms with Crippen LogP contribution >= 0.6 is 39.9 Å². The number of amides is 1. The van der Waals surface area contributed by atoms with E-state index in [4.69, 9.17) is 4.99 Å². The maximum absolute atomic E-state index is 11.5. The molecule has 25 heavy (non-hydrogen) atoms. The van der Waals surface area contributed by atoms with Crippen LogP contribution < -0.4 is 10.6 Å². The molecule has 1 aromatic carbocycles. The largest absolute Gasteiger partial charge is 0.359 e. The molecule has 0 aromatic heterocycles. The summed E-state index contributed by atoms with van der Waals surface area (Å²) in [4.78, 5) is 18.6. The summed E-state index contributed by atoms with van der Waals surface area (Å²) in [6.45, 7) is 5.51. The summed E-state index contributed by atoms with van der Waals surface area (Å²) >= 11 is 3.50. The molecule has 2 rings (SSSR count). The number of nitrogens with zero attached hydrogens (tertiary/aromatic N) is 2. The zero-order valence-electron chi connectivity index (χ0n) is 14.9. The van der Waals surface area contributed by atoms with E-state index >= 15 is 0 Å². The van der Waals surface area contributed by atoms with E-state index in [1.807, 2.05) is 12.1 Å². The Bertz CT molecular complexity index is 574. The molecule has 1 aromatic rings. The number of aliphatic imine (C=N–C) groups is 1. The van der Waals surface area contributed by atoms with Crippen molar-refractivity contribution in [3.8, 4) is 0 Å². The van der Waals surface area contributed by atoms with Crippen molar-refractivity contribution in [1.82, 2.24) is 15.5 Å². The topological polar surface area (TPSA) is 56.7 Å². The SMILES string of the molecule is CCNC(=NCc1cccc(Br)c1)N1CCC(CC(=O)NC)CC1.I. The first kappa shape index (κ1) is 22.2. The molecule has 0 atom stereocenters. The van der Waals surface area contributed by atoms with Gasteiger partial charge in [-0.1, -0.05) is 28.1 Å². The second-order valence-electron chi connectivity index (χ2n) is 6.11. The van der Waals surface area contributed by atoms with Gasteiger partial charge in [0.15, 0.2) is 5.96 Å². The molecule has 0 spiro atoms. The van der Waals surface area contributed by atoms with E-state index in [0.29, 0.717) is 18.9 Å². The summed E-state index contributed by atoms with van der Waals surface area (Å²) in [5.74, 6) is 1.59. The second-order valence-corrected chi connectivity index (χ2v) is 7.02. The quantitative estimate of drug-likeness (QED) is 0.354. The van der Waals surface area contributed by atoms with Crippen LogP contribution in [0.4, 0.5) is 0 Å². The lowest BCUT2D eigenvalue weighted by molar-refractivity contribution is -0.121. The number of hydrogen-bond acceptors (Lipinski definition) is 2. The van der Waals surface area contributed by atoms with Crippen molar-refractivity contribution < 1.29 is 4.79 Å². The van der Waals surface area contributed by atoms with Gasteiger partial charge in [-0.3, -0.25) is 4.79 Å². The van der Waals surface area contributed by atoms with Gasteiger partial charge < -0.3 is 15.5 Å². The highest BCUT2D eigenvalue weighted by molar-refractivity contribution is 14.0. The van der Waals surface area contributed by atoms with Crippen molar-refractivity contribution >= 4 is 51.8 Å². The van der Waals surface area contributed by atoms with Crippen LogP contribution in [-0.4, -0.2) is 43.4 Å². The average molecular weight is 523 g/mol. The third-order valence-corrected chi connectivity index (χ3v) is 4.80. The van der Waals surface area contributed by atoms with Crippen molar-refractivity contribution in [1.29, 1.82) is 0 Å². The third kappa shape index (κ3) is 7.52. The molecule has 1 heterocycles. The van der Waals surface area contributed by atoms with E-state index in [9.17, 15) is 4.79 Å². The monoisotopic (exact) mass is 522 g/mol. The van der Waals surface area contributed by atoms with E-state index < -0.39 is 0 Å². The van der Waals surface area contributed by atoms with E-state index in [1.165, 1.54) is 5.56 Å². The molecule has 7 heteroatoms. The average Bonchev–Trinajstić information content (AvgIpc) is 2.59. The fourth-order valence-electron chi connectivity index (χ4n) is 2.94. The fraction of sp³-hybridized carbons (Fsp3) is 0.556. The molecule has 1 fully saturated rings. The fourth-order valence-corrected chi connectivity index (χ4v) is 3.39. The molecule has 140 valence electrons. The van der Waals surface area contributed by atoms with Gasteiger partial charge in [0.05, 0.1) is 6.54 Å². The molecule has 5 nitrogen and oxygen atoms in total. The van der Waals surface area contributed by atoms with Crippen molar-refractivity contribution in [3.05, 3.63) is 34.3 Å². The van der Waals surface area contributed by atoms with Gasteiger partial charge in [0, 0.05) is 37.6 Å². The van der Waals surface area contributed by atoms with Gasteiger partial charge in [0.1, 0.15) is 0 Å². The lowest BCUT2D eigenvalue weighted by Crippen LogP contribution is -2.46. The minimum atomic E-state index is 0. The Morgan fingerprint density at radius 2 is 2.08 bits per heavy atom.